The first kappa shape index (κ1) is 12.3. The van der Waals surface area contributed by atoms with Gasteiger partial charge >= 0.3 is 0 Å². The third-order valence-electron chi connectivity index (χ3n) is 3.82. The molecule has 2 aromatic rings. The van der Waals surface area contributed by atoms with Gasteiger partial charge < -0.3 is 14.4 Å². The topological polar surface area (TPSA) is 34.4 Å². The van der Waals surface area contributed by atoms with E-state index in [0.717, 1.165) is 16.9 Å². The summed E-state index contributed by atoms with van der Waals surface area (Å²) in [5.41, 5.74) is 1.60. The van der Waals surface area contributed by atoms with Gasteiger partial charge in [-0.1, -0.05) is 12.1 Å². The minimum atomic E-state index is -0.601. The Morgan fingerprint density at radius 3 is 2.58 bits per heavy atom. The lowest BCUT2D eigenvalue weighted by Crippen LogP contribution is -2.50. The Labute approximate surface area is 113 Å². The van der Waals surface area contributed by atoms with Crippen molar-refractivity contribution < 1.29 is 9.84 Å². The Morgan fingerprint density at radius 1 is 1.21 bits per heavy atom. The molecule has 0 bridgehead atoms. The number of aromatic nitrogens is 1. The van der Waals surface area contributed by atoms with E-state index >= 15 is 0 Å². The number of benzene rings is 1. The average Bonchev–Trinajstić information content (AvgIpc) is 2.84. The van der Waals surface area contributed by atoms with E-state index in [0.29, 0.717) is 0 Å². The molecule has 1 N–H and O–H groups in total. The summed E-state index contributed by atoms with van der Waals surface area (Å²) in [6, 6.07) is 10.00. The molecule has 1 aliphatic heterocycles. The van der Waals surface area contributed by atoms with E-state index < -0.39 is 11.7 Å². The summed E-state index contributed by atoms with van der Waals surface area (Å²) in [6.07, 6.45) is 3.38. The van der Waals surface area contributed by atoms with Gasteiger partial charge in [0.05, 0.1) is 6.04 Å². The maximum absolute atomic E-state index is 10.6. The number of aliphatic hydroxyl groups is 1. The minimum absolute atomic E-state index is 0.102. The highest BCUT2D eigenvalue weighted by Gasteiger charge is 2.43. The maximum Gasteiger partial charge on any atom is 0.132 e. The molecule has 0 unspecified atom stereocenters. The molecule has 2 heterocycles. The molecular formula is C16H19NO2. The fourth-order valence-corrected chi connectivity index (χ4v) is 2.73. The molecule has 0 saturated carbocycles. The third-order valence-corrected chi connectivity index (χ3v) is 3.82. The molecule has 2 atom stereocenters. The highest BCUT2D eigenvalue weighted by atomic mass is 16.5. The molecule has 1 aromatic carbocycles. The first-order valence-electron chi connectivity index (χ1n) is 6.59. The van der Waals surface area contributed by atoms with Gasteiger partial charge in [-0.05, 0) is 44.5 Å². The van der Waals surface area contributed by atoms with Crippen LogP contribution < -0.4 is 4.74 Å². The van der Waals surface area contributed by atoms with Crippen LogP contribution in [0.3, 0.4) is 0 Å². The molecule has 3 heteroatoms. The zero-order valence-electron chi connectivity index (χ0n) is 11.5. The van der Waals surface area contributed by atoms with Gasteiger partial charge in [0, 0.05) is 18.0 Å². The van der Waals surface area contributed by atoms with Gasteiger partial charge in [-0.3, -0.25) is 0 Å². The van der Waals surface area contributed by atoms with Crippen LogP contribution >= 0.6 is 0 Å². The molecule has 100 valence electrons. The van der Waals surface area contributed by atoms with Crippen molar-refractivity contribution in [2.24, 2.45) is 0 Å². The molecule has 0 fully saturated rings. The second kappa shape index (κ2) is 4.14. The van der Waals surface area contributed by atoms with Crippen LogP contribution in [0.15, 0.2) is 42.7 Å². The number of hydrogen-bond acceptors (Lipinski definition) is 2. The second-order valence-electron chi connectivity index (χ2n) is 5.77. The third kappa shape index (κ3) is 1.94. The van der Waals surface area contributed by atoms with E-state index in [4.69, 9.17) is 4.74 Å². The Balaban J connectivity index is 2.17. The van der Waals surface area contributed by atoms with Crippen molar-refractivity contribution in [2.75, 3.05) is 0 Å². The van der Waals surface area contributed by atoms with E-state index in [1.165, 1.54) is 0 Å². The minimum Gasteiger partial charge on any atom is -0.485 e. The smallest absolute Gasteiger partial charge is 0.132 e. The molecule has 0 spiro atoms. The van der Waals surface area contributed by atoms with Crippen molar-refractivity contribution in [2.45, 2.75) is 38.5 Å². The van der Waals surface area contributed by atoms with Crippen molar-refractivity contribution in [3.63, 3.8) is 0 Å². The number of hydrogen-bond donors (Lipinski definition) is 1. The molecule has 0 radical (unpaired) electrons. The van der Waals surface area contributed by atoms with Crippen LogP contribution in [0.2, 0.25) is 0 Å². The number of aliphatic hydroxyl groups excluding tert-OH is 1. The quantitative estimate of drug-likeness (QED) is 0.852. The molecule has 0 amide bonds. The van der Waals surface area contributed by atoms with E-state index in [-0.39, 0.29) is 6.04 Å². The average molecular weight is 257 g/mol. The van der Waals surface area contributed by atoms with Gasteiger partial charge in [0.25, 0.3) is 0 Å². The van der Waals surface area contributed by atoms with Gasteiger partial charge in [-0.25, -0.2) is 0 Å². The number of ether oxygens (including phenoxy) is 1. The molecule has 0 saturated heterocycles. The Morgan fingerprint density at radius 2 is 1.89 bits per heavy atom. The van der Waals surface area contributed by atoms with Crippen LogP contribution in [0.4, 0.5) is 0 Å². The largest absolute Gasteiger partial charge is 0.485 e. The van der Waals surface area contributed by atoms with Gasteiger partial charge in [0.2, 0.25) is 0 Å². The first-order valence-corrected chi connectivity index (χ1v) is 6.59. The molecule has 3 rings (SSSR count). The lowest BCUT2D eigenvalue weighted by molar-refractivity contribution is -0.0636. The summed E-state index contributed by atoms with van der Waals surface area (Å²) in [6.45, 7) is 5.91. The molecule has 3 nitrogen and oxygen atoms in total. The Kier molecular flexibility index (Phi) is 2.68. The van der Waals surface area contributed by atoms with Crippen molar-refractivity contribution in [1.29, 1.82) is 0 Å². The van der Waals surface area contributed by atoms with Crippen molar-refractivity contribution in [3.8, 4) is 5.75 Å². The lowest BCUT2D eigenvalue weighted by atomic mass is 9.86. The van der Waals surface area contributed by atoms with Gasteiger partial charge in [0.1, 0.15) is 17.5 Å². The predicted molar refractivity (Wildman–Crippen MR) is 74.5 cm³/mol. The van der Waals surface area contributed by atoms with Crippen LogP contribution in [-0.4, -0.2) is 21.4 Å². The van der Waals surface area contributed by atoms with Crippen molar-refractivity contribution in [1.82, 2.24) is 4.57 Å². The highest BCUT2D eigenvalue weighted by Crippen LogP contribution is 2.42. The Bertz CT molecular complexity index is 587. The number of rotatable bonds is 1. The number of fused-ring (bicyclic) bond motifs is 1. The highest BCUT2D eigenvalue weighted by molar-refractivity contribution is 5.43. The van der Waals surface area contributed by atoms with Crippen LogP contribution in [0.1, 0.15) is 31.0 Å². The predicted octanol–water partition coefficient (Wildman–Crippen LogP) is 2.92. The summed E-state index contributed by atoms with van der Waals surface area (Å²) in [5, 5.41) is 10.6. The summed E-state index contributed by atoms with van der Waals surface area (Å²) >= 11 is 0. The summed E-state index contributed by atoms with van der Waals surface area (Å²) in [5.74, 6) is 0.869. The van der Waals surface area contributed by atoms with E-state index in [9.17, 15) is 5.11 Å². The SMILES string of the molecule is Cc1ccc2c(c1)OC(C)(C)[C@H](O)[C@H]2n1cccc1. The molecule has 0 aliphatic carbocycles. The second-order valence-corrected chi connectivity index (χ2v) is 5.77. The van der Waals surface area contributed by atoms with E-state index in [2.05, 4.69) is 6.07 Å². The van der Waals surface area contributed by atoms with Crippen molar-refractivity contribution >= 4 is 0 Å². The van der Waals surface area contributed by atoms with Crippen LogP contribution in [0.25, 0.3) is 0 Å². The standard InChI is InChI=1S/C16H19NO2/c1-11-6-7-12-13(10-11)19-16(2,3)15(18)14(12)17-8-4-5-9-17/h4-10,14-15,18H,1-3H3/t14-,15+/m0/s1. The molecule has 1 aliphatic rings. The van der Waals surface area contributed by atoms with Crippen LogP contribution in [0, 0.1) is 6.92 Å². The summed E-state index contributed by atoms with van der Waals surface area (Å²) < 4.78 is 8.02. The lowest BCUT2D eigenvalue weighted by Gasteiger charge is -2.42. The summed E-state index contributed by atoms with van der Waals surface area (Å²) in [4.78, 5) is 0. The fourth-order valence-electron chi connectivity index (χ4n) is 2.73. The maximum atomic E-state index is 10.6. The molecule has 19 heavy (non-hydrogen) atoms. The molecular weight excluding hydrogens is 238 g/mol. The van der Waals surface area contributed by atoms with Gasteiger partial charge in [-0.2, -0.15) is 0 Å². The monoisotopic (exact) mass is 257 g/mol. The Hall–Kier alpha value is -1.74. The molecule has 1 aromatic heterocycles. The van der Waals surface area contributed by atoms with E-state index in [1.807, 2.05) is 62.0 Å². The fraction of sp³-hybridized carbons (Fsp3) is 0.375. The first-order chi connectivity index (χ1) is 8.99. The van der Waals surface area contributed by atoms with E-state index in [1.54, 1.807) is 0 Å². The zero-order chi connectivity index (χ0) is 13.6. The number of aryl methyl sites for hydroxylation is 1. The number of nitrogens with zero attached hydrogens (tertiary/aromatic N) is 1. The van der Waals surface area contributed by atoms with Crippen LogP contribution in [0.5, 0.6) is 5.75 Å². The van der Waals surface area contributed by atoms with Crippen LogP contribution in [-0.2, 0) is 0 Å². The normalized spacial score (nSPS) is 24.6. The van der Waals surface area contributed by atoms with Gasteiger partial charge in [0.15, 0.2) is 0 Å². The summed E-state index contributed by atoms with van der Waals surface area (Å²) in [7, 11) is 0. The van der Waals surface area contributed by atoms with Gasteiger partial charge in [-0.15, -0.1) is 0 Å². The zero-order valence-corrected chi connectivity index (χ0v) is 11.5. The van der Waals surface area contributed by atoms with Crippen molar-refractivity contribution in [3.05, 3.63) is 53.9 Å².